The molecule has 0 bridgehead atoms. The van der Waals surface area contributed by atoms with Crippen LogP contribution in [0.25, 0.3) is 0 Å². The SMILES string of the molecule is CC1=C(CC/C(C)=C/CN2CN(C)c3ncnc(N)c32)[C@@]2(C)CCCC(C)(C)[C@@H]2CC1. The molecule has 170 valence electrons. The number of aromatic nitrogens is 2. The third kappa shape index (κ3) is 3.96. The number of hydrogen-bond donors (Lipinski definition) is 1. The van der Waals surface area contributed by atoms with Crippen LogP contribution in [0.2, 0.25) is 0 Å². The van der Waals surface area contributed by atoms with Crippen LogP contribution in [0, 0.1) is 16.7 Å². The zero-order chi connectivity index (χ0) is 22.4. The number of fused-ring (bicyclic) bond motifs is 2. The van der Waals surface area contributed by atoms with E-state index in [9.17, 15) is 0 Å². The Morgan fingerprint density at radius 2 is 2.03 bits per heavy atom. The highest BCUT2D eigenvalue weighted by atomic mass is 15.4. The Balaban J connectivity index is 1.44. The van der Waals surface area contributed by atoms with Crippen molar-refractivity contribution in [3.8, 4) is 0 Å². The van der Waals surface area contributed by atoms with Crippen molar-refractivity contribution in [3.05, 3.63) is 29.1 Å². The lowest BCUT2D eigenvalue weighted by Crippen LogP contribution is -2.45. The van der Waals surface area contributed by atoms with E-state index in [-0.39, 0.29) is 0 Å². The Morgan fingerprint density at radius 1 is 1.26 bits per heavy atom. The van der Waals surface area contributed by atoms with Gasteiger partial charge in [-0.2, -0.15) is 0 Å². The molecule has 0 saturated heterocycles. The molecule has 1 aromatic rings. The van der Waals surface area contributed by atoms with Gasteiger partial charge >= 0.3 is 0 Å². The lowest BCUT2D eigenvalue weighted by molar-refractivity contribution is 0.0105. The van der Waals surface area contributed by atoms with Crippen LogP contribution in [0.1, 0.15) is 79.6 Å². The minimum absolute atomic E-state index is 0.396. The first kappa shape index (κ1) is 22.2. The van der Waals surface area contributed by atoms with Crippen molar-refractivity contribution in [2.45, 2.75) is 79.6 Å². The zero-order valence-corrected chi connectivity index (χ0v) is 20.5. The molecule has 1 fully saturated rings. The highest BCUT2D eigenvalue weighted by Gasteiger charge is 2.49. The van der Waals surface area contributed by atoms with Gasteiger partial charge in [0.2, 0.25) is 0 Å². The maximum Gasteiger partial charge on any atom is 0.159 e. The minimum Gasteiger partial charge on any atom is -0.382 e. The Kier molecular flexibility index (Phi) is 5.82. The second-order valence-corrected chi connectivity index (χ2v) is 11.2. The summed E-state index contributed by atoms with van der Waals surface area (Å²) >= 11 is 0. The zero-order valence-electron chi connectivity index (χ0n) is 20.5. The average Bonchev–Trinajstić information content (AvgIpc) is 3.02. The van der Waals surface area contributed by atoms with Crippen molar-refractivity contribution in [2.75, 3.05) is 35.8 Å². The molecule has 1 aliphatic heterocycles. The van der Waals surface area contributed by atoms with Crippen LogP contribution in [-0.2, 0) is 0 Å². The molecular formula is C26H41N5. The van der Waals surface area contributed by atoms with Crippen LogP contribution in [0.5, 0.6) is 0 Å². The van der Waals surface area contributed by atoms with Gasteiger partial charge in [0.15, 0.2) is 11.6 Å². The molecule has 2 N–H and O–H groups in total. The lowest BCUT2D eigenvalue weighted by Gasteiger charge is -2.55. The number of nitrogens with two attached hydrogens (primary N) is 1. The fourth-order valence-corrected chi connectivity index (χ4v) is 6.89. The van der Waals surface area contributed by atoms with Crippen molar-refractivity contribution in [2.24, 2.45) is 16.7 Å². The molecule has 5 nitrogen and oxygen atoms in total. The molecule has 31 heavy (non-hydrogen) atoms. The molecule has 3 aliphatic rings. The summed E-state index contributed by atoms with van der Waals surface area (Å²) in [4.78, 5) is 13.0. The molecule has 4 rings (SSSR count). The van der Waals surface area contributed by atoms with E-state index in [0.29, 0.717) is 16.6 Å². The maximum absolute atomic E-state index is 6.15. The highest BCUT2D eigenvalue weighted by Crippen LogP contribution is 2.60. The average molecular weight is 424 g/mol. The molecule has 2 atom stereocenters. The summed E-state index contributed by atoms with van der Waals surface area (Å²) < 4.78 is 0. The van der Waals surface area contributed by atoms with Crippen LogP contribution >= 0.6 is 0 Å². The number of rotatable bonds is 5. The molecule has 1 saturated carbocycles. The van der Waals surface area contributed by atoms with Crippen molar-refractivity contribution >= 4 is 17.3 Å². The standard InChI is InChI=1S/C26H41N5/c1-18(12-15-31-17-30(6)24-22(31)23(27)28-16-29-24)8-10-20-19(2)9-11-21-25(3,4)13-7-14-26(20,21)5/h12,16,21H,7-11,13-15,17H2,1-6H3,(H2,27,28,29)/b18-12+/t21-,26+/m0/s1. The fourth-order valence-electron chi connectivity index (χ4n) is 6.89. The van der Waals surface area contributed by atoms with Gasteiger partial charge in [0.1, 0.15) is 12.0 Å². The lowest BCUT2D eigenvalue weighted by atomic mass is 9.50. The quantitative estimate of drug-likeness (QED) is 0.594. The highest BCUT2D eigenvalue weighted by molar-refractivity contribution is 5.81. The summed E-state index contributed by atoms with van der Waals surface area (Å²) in [6, 6.07) is 0. The predicted octanol–water partition coefficient (Wildman–Crippen LogP) is 5.94. The van der Waals surface area contributed by atoms with E-state index in [1.807, 2.05) is 0 Å². The summed E-state index contributed by atoms with van der Waals surface area (Å²) in [6.45, 7) is 14.0. The number of nitrogen functional groups attached to an aromatic ring is 1. The summed E-state index contributed by atoms with van der Waals surface area (Å²) in [5.41, 5.74) is 12.9. The third-order valence-corrected chi connectivity index (χ3v) is 8.56. The van der Waals surface area contributed by atoms with Gasteiger partial charge in [-0.15, -0.1) is 0 Å². The molecule has 0 radical (unpaired) electrons. The van der Waals surface area contributed by atoms with Crippen molar-refractivity contribution in [1.82, 2.24) is 9.97 Å². The van der Waals surface area contributed by atoms with Crippen LogP contribution in [0.4, 0.5) is 17.3 Å². The second kappa shape index (κ2) is 8.14. The second-order valence-electron chi connectivity index (χ2n) is 11.2. The topological polar surface area (TPSA) is 58.3 Å². The van der Waals surface area contributed by atoms with E-state index in [4.69, 9.17) is 5.73 Å². The Bertz CT molecular complexity index is 899. The van der Waals surface area contributed by atoms with Crippen LogP contribution < -0.4 is 15.5 Å². The van der Waals surface area contributed by atoms with E-state index < -0.39 is 0 Å². The molecule has 0 amide bonds. The third-order valence-electron chi connectivity index (χ3n) is 8.56. The molecule has 2 aliphatic carbocycles. The smallest absolute Gasteiger partial charge is 0.159 e. The number of anilines is 3. The van der Waals surface area contributed by atoms with Crippen molar-refractivity contribution < 1.29 is 0 Å². The largest absolute Gasteiger partial charge is 0.382 e. The predicted molar refractivity (Wildman–Crippen MR) is 131 cm³/mol. The summed E-state index contributed by atoms with van der Waals surface area (Å²) in [5, 5.41) is 0. The number of hydrogen-bond acceptors (Lipinski definition) is 5. The fraction of sp³-hybridized carbons (Fsp3) is 0.692. The molecule has 0 aromatic carbocycles. The van der Waals surface area contributed by atoms with Gasteiger partial charge in [-0.05, 0) is 69.1 Å². The Labute approximate surface area is 188 Å². The van der Waals surface area contributed by atoms with Gasteiger partial charge < -0.3 is 15.5 Å². The summed E-state index contributed by atoms with van der Waals surface area (Å²) in [6.07, 6.45) is 13.1. The minimum atomic E-state index is 0.396. The monoisotopic (exact) mass is 423 g/mol. The number of nitrogens with zero attached hydrogens (tertiary/aromatic N) is 4. The van der Waals surface area contributed by atoms with E-state index in [1.54, 1.807) is 17.5 Å². The Morgan fingerprint density at radius 3 is 2.81 bits per heavy atom. The molecule has 2 heterocycles. The maximum atomic E-state index is 6.15. The van der Waals surface area contributed by atoms with Crippen LogP contribution in [0.3, 0.4) is 0 Å². The van der Waals surface area contributed by atoms with Gasteiger partial charge in [0.05, 0.1) is 6.67 Å². The van der Waals surface area contributed by atoms with E-state index in [2.05, 4.69) is 67.5 Å². The van der Waals surface area contributed by atoms with Crippen LogP contribution in [-0.4, -0.2) is 30.2 Å². The molecular weight excluding hydrogens is 382 g/mol. The molecule has 0 unspecified atom stereocenters. The first-order chi connectivity index (χ1) is 14.6. The van der Waals surface area contributed by atoms with Crippen molar-refractivity contribution in [3.63, 3.8) is 0 Å². The molecule has 5 heteroatoms. The van der Waals surface area contributed by atoms with Gasteiger partial charge in [-0.1, -0.05) is 50.0 Å². The Hall–Kier alpha value is -2.04. The summed E-state index contributed by atoms with van der Waals surface area (Å²) in [5.74, 6) is 2.33. The van der Waals surface area contributed by atoms with Gasteiger partial charge in [0.25, 0.3) is 0 Å². The summed E-state index contributed by atoms with van der Waals surface area (Å²) in [7, 11) is 2.06. The van der Waals surface area contributed by atoms with E-state index >= 15 is 0 Å². The number of allylic oxidation sites excluding steroid dienone is 3. The molecule has 1 aromatic heterocycles. The van der Waals surface area contributed by atoms with Gasteiger partial charge in [-0.3, -0.25) is 0 Å². The first-order valence-electron chi connectivity index (χ1n) is 12.0. The van der Waals surface area contributed by atoms with Gasteiger partial charge in [0, 0.05) is 13.6 Å². The van der Waals surface area contributed by atoms with E-state index in [0.717, 1.165) is 37.1 Å². The molecule has 0 spiro atoms. The first-order valence-corrected chi connectivity index (χ1v) is 12.0. The van der Waals surface area contributed by atoms with Crippen LogP contribution in [0.15, 0.2) is 29.1 Å². The normalized spacial score (nSPS) is 28.1. The van der Waals surface area contributed by atoms with Gasteiger partial charge in [-0.25, -0.2) is 9.97 Å². The van der Waals surface area contributed by atoms with E-state index in [1.165, 1.54) is 44.1 Å². The van der Waals surface area contributed by atoms with Crippen molar-refractivity contribution in [1.29, 1.82) is 0 Å².